The molecule has 0 radical (unpaired) electrons. The first-order valence-electron chi connectivity index (χ1n) is 9.45. The third kappa shape index (κ3) is 5.60. The van der Waals surface area contributed by atoms with Gasteiger partial charge in [-0.2, -0.15) is 0 Å². The molecule has 8 nitrogen and oxygen atoms in total. The fraction of sp³-hybridized carbons (Fsp3) is 0.333. The molecule has 1 aliphatic rings. The highest BCUT2D eigenvalue weighted by Gasteiger charge is 2.25. The van der Waals surface area contributed by atoms with Crippen LogP contribution in [0.2, 0.25) is 0 Å². The number of morpholine rings is 1. The van der Waals surface area contributed by atoms with Gasteiger partial charge in [0, 0.05) is 25.0 Å². The molecule has 0 aliphatic carbocycles. The minimum Gasteiger partial charge on any atom is -0.491 e. The number of benzene rings is 1. The first kappa shape index (κ1) is 21.4. The molecule has 30 heavy (non-hydrogen) atoms. The Balaban J connectivity index is 1.47. The maximum atomic E-state index is 13.9. The van der Waals surface area contributed by atoms with Crippen molar-refractivity contribution in [2.75, 3.05) is 32.8 Å². The second-order valence-electron chi connectivity index (χ2n) is 6.77. The van der Waals surface area contributed by atoms with E-state index < -0.39 is 11.9 Å². The van der Waals surface area contributed by atoms with E-state index in [1.165, 1.54) is 25.3 Å². The van der Waals surface area contributed by atoms with Crippen LogP contribution in [0.25, 0.3) is 0 Å². The predicted octanol–water partition coefficient (Wildman–Crippen LogP) is 1.46. The SMILES string of the molecule is CC(=O)c1ccc(OCC2CN(C(=O)CNC(=O)c3cccnc3)CCO2)cc1F. The van der Waals surface area contributed by atoms with Gasteiger partial charge in [-0.1, -0.05) is 0 Å². The second kappa shape index (κ2) is 9.93. The van der Waals surface area contributed by atoms with E-state index >= 15 is 0 Å². The molecule has 0 bridgehead atoms. The summed E-state index contributed by atoms with van der Waals surface area (Å²) in [5.41, 5.74) is 0.378. The Kier molecular flexibility index (Phi) is 7.08. The lowest BCUT2D eigenvalue weighted by Gasteiger charge is -2.33. The highest BCUT2D eigenvalue weighted by molar-refractivity contribution is 5.96. The fourth-order valence-electron chi connectivity index (χ4n) is 2.97. The van der Waals surface area contributed by atoms with Crippen LogP contribution in [0, 0.1) is 5.82 Å². The lowest BCUT2D eigenvalue weighted by Crippen LogP contribution is -2.50. The zero-order valence-corrected chi connectivity index (χ0v) is 16.5. The lowest BCUT2D eigenvalue weighted by atomic mass is 10.1. The Morgan fingerprint density at radius 3 is 2.87 bits per heavy atom. The molecule has 1 atom stereocenters. The van der Waals surface area contributed by atoms with Crippen LogP contribution in [0.4, 0.5) is 4.39 Å². The van der Waals surface area contributed by atoms with E-state index in [2.05, 4.69) is 10.3 Å². The summed E-state index contributed by atoms with van der Waals surface area (Å²) in [5.74, 6) is -1.35. The van der Waals surface area contributed by atoms with E-state index in [-0.39, 0.29) is 48.6 Å². The topological polar surface area (TPSA) is 97.8 Å². The van der Waals surface area contributed by atoms with Gasteiger partial charge in [0.25, 0.3) is 5.91 Å². The highest BCUT2D eigenvalue weighted by Crippen LogP contribution is 2.18. The first-order chi connectivity index (χ1) is 14.4. The van der Waals surface area contributed by atoms with Gasteiger partial charge in [-0.3, -0.25) is 19.4 Å². The van der Waals surface area contributed by atoms with E-state index in [0.29, 0.717) is 18.7 Å². The molecule has 1 N–H and O–H groups in total. The zero-order valence-electron chi connectivity index (χ0n) is 16.5. The number of ether oxygens (including phenoxy) is 2. The molecule has 2 heterocycles. The van der Waals surface area contributed by atoms with Crippen LogP contribution in [-0.4, -0.2) is 66.4 Å². The summed E-state index contributed by atoms with van der Waals surface area (Å²) in [6.07, 6.45) is 2.59. The first-order valence-corrected chi connectivity index (χ1v) is 9.45. The van der Waals surface area contributed by atoms with Gasteiger partial charge in [-0.15, -0.1) is 0 Å². The maximum Gasteiger partial charge on any atom is 0.253 e. The number of pyridine rings is 1. The summed E-state index contributed by atoms with van der Waals surface area (Å²) >= 11 is 0. The van der Waals surface area contributed by atoms with Crippen LogP contribution in [0.5, 0.6) is 5.75 Å². The van der Waals surface area contributed by atoms with Gasteiger partial charge in [-0.25, -0.2) is 4.39 Å². The van der Waals surface area contributed by atoms with E-state index in [4.69, 9.17) is 9.47 Å². The van der Waals surface area contributed by atoms with Crippen LogP contribution in [0.3, 0.4) is 0 Å². The summed E-state index contributed by atoms with van der Waals surface area (Å²) in [7, 11) is 0. The summed E-state index contributed by atoms with van der Waals surface area (Å²) < 4.78 is 25.0. The predicted molar refractivity (Wildman–Crippen MR) is 105 cm³/mol. The van der Waals surface area contributed by atoms with E-state index in [9.17, 15) is 18.8 Å². The molecule has 1 unspecified atom stereocenters. The summed E-state index contributed by atoms with van der Waals surface area (Å²) in [6.45, 7) is 2.28. The van der Waals surface area contributed by atoms with Crippen molar-refractivity contribution >= 4 is 17.6 Å². The Morgan fingerprint density at radius 2 is 2.17 bits per heavy atom. The molecular weight excluding hydrogens is 393 g/mol. The van der Waals surface area contributed by atoms with Crippen molar-refractivity contribution in [3.63, 3.8) is 0 Å². The minimum atomic E-state index is -0.647. The molecule has 158 valence electrons. The van der Waals surface area contributed by atoms with Crippen LogP contribution in [-0.2, 0) is 9.53 Å². The Morgan fingerprint density at radius 1 is 1.33 bits per heavy atom. The molecule has 1 aliphatic heterocycles. The van der Waals surface area contributed by atoms with Gasteiger partial charge < -0.3 is 19.7 Å². The Bertz CT molecular complexity index is 922. The van der Waals surface area contributed by atoms with E-state index in [1.54, 1.807) is 23.2 Å². The quantitative estimate of drug-likeness (QED) is 0.688. The zero-order chi connectivity index (χ0) is 21.5. The van der Waals surface area contributed by atoms with Crippen LogP contribution >= 0.6 is 0 Å². The summed E-state index contributed by atoms with van der Waals surface area (Å²) in [4.78, 5) is 41.2. The fourth-order valence-corrected chi connectivity index (χ4v) is 2.97. The molecule has 9 heteroatoms. The van der Waals surface area contributed by atoms with Gasteiger partial charge in [0.1, 0.15) is 24.3 Å². The van der Waals surface area contributed by atoms with Gasteiger partial charge in [0.15, 0.2) is 5.78 Å². The Hall–Kier alpha value is -3.33. The number of hydrogen-bond acceptors (Lipinski definition) is 6. The molecule has 0 spiro atoms. The number of aromatic nitrogens is 1. The van der Waals surface area contributed by atoms with Crippen molar-refractivity contribution in [3.8, 4) is 5.75 Å². The van der Waals surface area contributed by atoms with E-state index in [1.807, 2.05) is 0 Å². The Labute approximate surface area is 173 Å². The maximum absolute atomic E-state index is 13.9. The number of carbonyl (C=O) groups excluding carboxylic acids is 3. The molecule has 1 saturated heterocycles. The molecule has 2 amide bonds. The van der Waals surface area contributed by atoms with Crippen molar-refractivity contribution < 1.29 is 28.2 Å². The number of carbonyl (C=O) groups is 3. The smallest absolute Gasteiger partial charge is 0.253 e. The highest BCUT2D eigenvalue weighted by atomic mass is 19.1. The van der Waals surface area contributed by atoms with Crippen molar-refractivity contribution in [1.29, 1.82) is 0 Å². The molecule has 0 saturated carbocycles. The lowest BCUT2D eigenvalue weighted by molar-refractivity contribution is -0.138. The minimum absolute atomic E-state index is 0.00127. The average Bonchev–Trinajstić information content (AvgIpc) is 2.76. The molecule has 3 rings (SSSR count). The summed E-state index contributed by atoms with van der Waals surface area (Å²) in [6, 6.07) is 7.29. The average molecular weight is 415 g/mol. The molecule has 1 fully saturated rings. The number of nitrogens with one attached hydrogen (secondary N) is 1. The van der Waals surface area contributed by atoms with Crippen molar-refractivity contribution in [2.24, 2.45) is 0 Å². The number of amides is 2. The normalized spacial score (nSPS) is 16.1. The van der Waals surface area contributed by atoms with E-state index in [0.717, 1.165) is 6.07 Å². The monoisotopic (exact) mass is 415 g/mol. The number of rotatable bonds is 7. The van der Waals surface area contributed by atoms with Crippen LogP contribution < -0.4 is 10.1 Å². The second-order valence-corrected chi connectivity index (χ2v) is 6.77. The third-order valence-corrected chi connectivity index (χ3v) is 4.57. The number of Topliss-reactive ketones (excluding diaryl/α,β-unsaturated/α-hetero) is 1. The third-order valence-electron chi connectivity index (χ3n) is 4.57. The summed E-state index contributed by atoms with van der Waals surface area (Å²) in [5, 5.41) is 2.58. The number of ketones is 1. The molecule has 1 aromatic heterocycles. The van der Waals surface area contributed by atoms with Crippen LogP contribution in [0.1, 0.15) is 27.6 Å². The number of hydrogen-bond donors (Lipinski definition) is 1. The largest absolute Gasteiger partial charge is 0.491 e. The molecular formula is C21H22FN3O5. The van der Waals surface area contributed by atoms with Gasteiger partial charge in [-0.05, 0) is 31.2 Å². The van der Waals surface area contributed by atoms with Crippen molar-refractivity contribution in [2.45, 2.75) is 13.0 Å². The van der Waals surface area contributed by atoms with Gasteiger partial charge >= 0.3 is 0 Å². The van der Waals surface area contributed by atoms with Gasteiger partial charge in [0.05, 0.1) is 30.8 Å². The van der Waals surface area contributed by atoms with Crippen LogP contribution in [0.15, 0.2) is 42.7 Å². The van der Waals surface area contributed by atoms with Crippen molar-refractivity contribution in [1.82, 2.24) is 15.2 Å². The standard InChI is InChI=1S/C21H22FN3O5/c1-14(26)18-5-4-16(9-19(18)22)30-13-17-12-25(7-8-29-17)20(27)11-24-21(28)15-3-2-6-23-10-15/h2-6,9-10,17H,7-8,11-13H2,1H3,(H,24,28). The number of nitrogens with zero attached hydrogens (tertiary/aromatic N) is 2. The molecule has 1 aromatic carbocycles. The molecule has 2 aromatic rings. The number of halogens is 1. The van der Waals surface area contributed by atoms with Gasteiger partial charge in [0.2, 0.25) is 5.91 Å². The van der Waals surface area contributed by atoms with Crippen molar-refractivity contribution in [3.05, 3.63) is 59.7 Å².